The van der Waals surface area contributed by atoms with Crippen LogP contribution in [0.15, 0.2) is 152 Å². The summed E-state index contributed by atoms with van der Waals surface area (Å²) in [6.07, 6.45) is 0. The molecule has 1 heterocycles. The molecule has 0 unspecified atom stereocenters. The van der Waals surface area contributed by atoms with Gasteiger partial charge < -0.3 is 4.90 Å². The average molecular weight is 552 g/mol. The van der Waals surface area contributed by atoms with E-state index in [1.807, 2.05) is 11.3 Å². The first kappa shape index (κ1) is 23.5. The number of hydrogen-bond acceptors (Lipinski definition) is 2. The predicted octanol–water partition coefficient (Wildman–Crippen LogP) is 12.1. The van der Waals surface area contributed by atoms with Gasteiger partial charge in [-0.15, -0.1) is 11.3 Å². The molecule has 0 saturated carbocycles. The van der Waals surface area contributed by atoms with Crippen LogP contribution in [0.3, 0.4) is 0 Å². The van der Waals surface area contributed by atoms with E-state index < -0.39 is 0 Å². The van der Waals surface area contributed by atoms with E-state index in [9.17, 15) is 0 Å². The van der Waals surface area contributed by atoms with Crippen LogP contribution in [0.1, 0.15) is 0 Å². The van der Waals surface area contributed by atoms with Crippen LogP contribution in [-0.4, -0.2) is 0 Å². The van der Waals surface area contributed by atoms with Crippen LogP contribution in [0.25, 0.3) is 63.3 Å². The number of anilines is 3. The van der Waals surface area contributed by atoms with Crippen molar-refractivity contribution in [3.8, 4) is 0 Å². The molecule has 9 aromatic rings. The first-order chi connectivity index (χ1) is 20.8. The Morgan fingerprint density at radius 2 is 1.05 bits per heavy atom. The molecule has 0 saturated heterocycles. The molecule has 0 aliphatic heterocycles. The van der Waals surface area contributed by atoms with Gasteiger partial charge in [0.2, 0.25) is 0 Å². The molecule has 0 aliphatic rings. The summed E-state index contributed by atoms with van der Waals surface area (Å²) in [4.78, 5) is 2.43. The van der Waals surface area contributed by atoms with Gasteiger partial charge in [-0.3, -0.25) is 0 Å². The summed E-state index contributed by atoms with van der Waals surface area (Å²) in [6, 6.07) is 55.5. The Bertz CT molecular complexity index is 2470. The molecule has 42 heavy (non-hydrogen) atoms. The predicted molar refractivity (Wildman–Crippen MR) is 184 cm³/mol. The minimum Gasteiger partial charge on any atom is -0.309 e. The second kappa shape index (κ2) is 9.17. The van der Waals surface area contributed by atoms with E-state index in [1.54, 1.807) is 0 Å². The molecular weight excluding hydrogens is 527 g/mol. The van der Waals surface area contributed by atoms with Crippen molar-refractivity contribution in [1.82, 2.24) is 0 Å². The van der Waals surface area contributed by atoms with Gasteiger partial charge in [-0.2, -0.15) is 0 Å². The smallest absolute Gasteiger partial charge is 0.0640 e. The van der Waals surface area contributed by atoms with Gasteiger partial charge in [-0.25, -0.2) is 0 Å². The summed E-state index contributed by atoms with van der Waals surface area (Å²) in [5.41, 5.74) is 3.51. The second-order valence-electron chi connectivity index (χ2n) is 10.9. The molecule has 0 radical (unpaired) electrons. The summed E-state index contributed by atoms with van der Waals surface area (Å²) < 4.78 is 2.62. The maximum absolute atomic E-state index is 2.43. The quantitative estimate of drug-likeness (QED) is 0.197. The number of nitrogens with zero attached hydrogens (tertiary/aromatic N) is 1. The van der Waals surface area contributed by atoms with Crippen LogP contribution in [0, 0.1) is 0 Å². The molecule has 0 bridgehead atoms. The van der Waals surface area contributed by atoms with Crippen LogP contribution in [0.4, 0.5) is 17.1 Å². The van der Waals surface area contributed by atoms with Gasteiger partial charge in [-0.05, 0) is 79.5 Å². The third kappa shape index (κ3) is 3.49. The minimum absolute atomic E-state index is 1.15. The fourth-order valence-corrected chi connectivity index (χ4v) is 7.89. The van der Waals surface area contributed by atoms with Gasteiger partial charge in [0.05, 0.1) is 10.4 Å². The van der Waals surface area contributed by atoms with Crippen molar-refractivity contribution in [2.45, 2.75) is 0 Å². The number of hydrogen-bond donors (Lipinski definition) is 0. The fraction of sp³-hybridized carbons (Fsp3) is 0. The zero-order chi connectivity index (χ0) is 27.6. The average Bonchev–Trinajstić information content (AvgIpc) is 3.44. The van der Waals surface area contributed by atoms with Gasteiger partial charge in [-0.1, -0.05) is 115 Å². The first-order valence-electron chi connectivity index (χ1n) is 14.4. The number of para-hydroxylation sites is 1. The van der Waals surface area contributed by atoms with Gasteiger partial charge in [0.25, 0.3) is 0 Å². The Kier molecular flexibility index (Phi) is 5.13. The van der Waals surface area contributed by atoms with Crippen LogP contribution in [0.2, 0.25) is 0 Å². The second-order valence-corrected chi connectivity index (χ2v) is 12.0. The number of benzene rings is 8. The van der Waals surface area contributed by atoms with Gasteiger partial charge in [0, 0.05) is 26.8 Å². The fourth-order valence-electron chi connectivity index (χ4n) is 6.68. The molecule has 196 valence electrons. The monoisotopic (exact) mass is 551 g/mol. The van der Waals surface area contributed by atoms with Crippen molar-refractivity contribution >= 4 is 91.7 Å². The molecule has 0 amide bonds. The van der Waals surface area contributed by atoms with Crippen molar-refractivity contribution in [3.63, 3.8) is 0 Å². The van der Waals surface area contributed by atoms with E-state index in [4.69, 9.17) is 0 Å². The van der Waals surface area contributed by atoms with Crippen LogP contribution in [0.5, 0.6) is 0 Å². The lowest BCUT2D eigenvalue weighted by atomic mass is 9.93. The lowest BCUT2D eigenvalue weighted by Crippen LogP contribution is -2.09. The SMILES string of the molecule is c1ccc(N(c2ccc3ccc4ccc5c6ccccc6ccc5c4c3c2)c2cccc3c2sc2ccccc23)cc1. The van der Waals surface area contributed by atoms with Gasteiger partial charge in [0.15, 0.2) is 0 Å². The molecular formula is C40H25NS. The topological polar surface area (TPSA) is 3.24 Å². The Balaban J connectivity index is 1.36. The maximum Gasteiger partial charge on any atom is 0.0640 e. The molecule has 0 aliphatic carbocycles. The standard InChI is InChI=1S/C40H25NS/c1-2-10-29(11-3-1)41(37-15-8-14-35-33-13-6-7-16-38(33)42-40(35)37)30-22-19-27-17-18-28-21-23-32-31-12-5-4-9-26(31)20-24-34(32)39(28)36(27)25-30/h1-25H. The number of fused-ring (bicyclic) bond motifs is 10. The Labute approximate surface area is 247 Å². The van der Waals surface area contributed by atoms with Gasteiger partial charge >= 0.3 is 0 Å². The van der Waals surface area contributed by atoms with E-state index in [-0.39, 0.29) is 0 Å². The Morgan fingerprint density at radius 1 is 0.381 bits per heavy atom. The Hall–Kier alpha value is -5.18. The zero-order valence-corrected chi connectivity index (χ0v) is 23.6. The highest BCUT2D eigenvalue weighted by atomic mass is 32.1. The third-order valence-corrected chi connectivity index (χ3v) is 9.81. The lowest BCUT2D eigenvalue weighted by Gasteiger charge is -2.26. The van der Waals surface area contributed by atoms with E-state index in [0.717, 1.165) is 11.4 Å². The van der Waals surface area contributed by atoms with Crippen molar-refractivity contribution in [1.29, 1.82) is 0 Å². The molecule has 9 rings (SSSR count). The highest BCUT2D eigenvalue weighted by molar-refractivity contribution is 7.26. The molecule has 0 spiro atoms. The molecule has 1 nitrogen and oxygen atoms in total. The highest BCUT2D eigenvalue weighted by Crippen LogP contribution is 2.46. The molecule has 1 aromatic heterocycles. The lowest BCUT2D eigenvalue weighted by molar-refractivity contribution is 1.31. The van der Waals surface area contributed by atoms with Crippen molar-refractivity contribution in [2.75, 3.05) is 4.90 Å². The van der Waals surface area contributed by atoms with Crippen molar-refractivity contribution < 1.29 is 0 Å². The van der Waals surface area contributed by atoms with Crippen LogP contribution >= 0.6 is 11.3 Å². The maximum atomic E-state index is 2.43. The normalized spacial score (nSPS) is 11.8. The molecule has 0 fully saturated rings. The molecule has 8 aromatic carbocycles. The van der Waals surface area contributed by atoms with Crippen LogP contribution in [-0.2, 0) is 0 Å². The van der Waals surface area contributed by atoms with E-state index in [2.05, 4.69) is 157 Å². The molecule has 2 heteroatoms. The van der Waals surface area contributed by atoms with E-state index in [0.29, 0.717) is 0 Å². The van der Waals surface area contributed by atoms with Crippen molar-refractivity contribution in [3.05, 3.63) is 152 Å². The number of rotatable bonds is 3. The summed E-state index contributed by atoms with van der Waals surface area (Å²) in [6.45, 7) is 0. The highest BCUT2D eigenvalue weighted by Gasteiger charge is 2.19. The van der Waals surface area contributed by atoms with Crippen LogP contribution < -0.4 is 4.90 Å². The molecule has 0 N–H and O–H groups in total. The Morgan fingerprint density at radius 3 is 1.98 bits per heavy atom. The first-order valence-corrected chi connectivity index (χ1v) is 15.2. The van der Waals surface area contributed by atoms with Gasteiger partial charge in [0.1, 0.15) is 0 Å². The van der Waals surface area contributed by atoms with E-state index in [1.165, 1.54) is 68.9 Å². The van der Waals surface area contributed by atoms with E-state index >= 15 is 0 Å². The zero-order valence-electron chi connectivity index (χ0n) is 22.8. The summed E-state index contributed by atoms with van der Waals surface area (Å²) in [5.74, 6) is 0. The third-order valence-electron chi connectivity index (χ3n) is 8.60. The largest absolute Gasteiger partial charge is 0.309 e. The summed E-state index contributed by atoms with van der Waals surface area (Å²) in [5, 5.41) is 12.9. The number of thiophene rings is 1. The summed E-state index contributed by atoms with van der Waals surface area (Å²) >= 11 is 1.87. The molecule has 0 atom stereocenters. The summed E-state index contributed by atoms with van der Waals surface area (Å²) in [7, 11) is 0. The minimum atomic E-state index is 1.15. The van der Waals surface area contributed by atoms with Crippen molar-refractivity contribution in [2.24, 2.45) is 0 Å².